The molecule has 3 heterocycles. The molecule has 3 rings (SSSR count). The lowest BCUT2D eigenvalue weighted by Gasteiger charge is -2.31. The number of carbonyl (C=O) groups is 1. The van der Waals surface area contributed by atoms with Gasteiger partial charge in [0.15, 0.2) is 0 Å². The molecule has 1 atom stereocenters. The molecule has 6 nitrogen and oxygen atoms in total. The minimum absolute atomic E-state index is 0.0211. The van der Waals surface area contributed by atoms with Crippen molar-refractivity contribution >= 4 is 17.2 Å². The van der Waals surface area contributed by atoms with Crippen LogP contribution in [0.4, 0.5) is 0 Å². The van der Waals surface area contributed by atoms with E-state index >= 15 is 0 Å². The van der Waals surface area contributed by atoms with Gasteiger partial charge >= 0.3 is 4.87 Å². The van der Waals surface area contributed by atoms with E-state index in [1.54, 1.807) is 10.8 Å². The van der Waals surface area contributed by atoms with Gasteiger partial charge in [-0.15, -0.1) is 0 Å². The zero-order valence-electron chi connectivity index (χ0n) is 16.1. The highest BCUT2D eigenvalue weighted by atomic mass is 32.1. The quantitative estimate of drug-likeness (QED) is 0.826. The second kappa shape index (κ2) is 9.28. The van der Waals surface area contributed by atoms with Crippen LogP contribution in [0.3, 0.4) is 0 Å². The van der Waals surface area contributed by atoms with Crippen LogP contribution in [0.15, 0.2) is 29.2 Å². The average molecular weight is 389 g/mol. The Morgan fingerprint density at radius 1 is 1.33 bits per heavy atom. The molecule has 7 heteroatoms. The maximum Gasteiger partial charge on any atom is 0.307 e. The normalized spacial score (nSPS) is 17.5. The Morgan fingerprint density at radius 2 is 2.19 bits per heavy atom. The Hall–Kier alpha value is -1.99. The van der Waals surface area contributed by atoms with Crippen LogP contribution < -0.4 is 10.2 Å². The second-order valence-electron chi connectivity index (χ2n) is 7.09. The van der Waals surface area contributed by atoms with Gasteiger partial charge in [0, 0.05) is 35.8 Å². The van der Waals surface area contributed by atoms with Crippen molar-refractivity contribution in [2.75, 3.05) is 13.1 Å². The predicted molar refractivity (Wildman–Crippen MR) is 108 cm³/mol. The molecule has 0 aromatic carbocycles. The van der Waals surface area contributed by atoms with Gasteiger partial charge in [-0.2, -0.15) is 0 Å². The number of pyridine rings is 1. The Balaban J connectivity index is 1.74. The van der Waals surface area contributed by atoms with E-state index in [2.05, 4.69) is 10.3 Å². The molecule has 1 N–H and O–H groups in total. The van der Waals surface area contributed by atoms with Crippen molar-refractivity contribution in [3.8, 4) is 0 Å². The van der Waals surface area contributed by atoms with Crippen LogP contribution in [-0.2, 0) is 17.9 Å². The maximum atomic E-state index is 13.1. The third kappa shape index (κ3) is 5.05. The SMILES string of the molecule is Cc1sc(=O)n(CCC(=O)N(Cc2ccccn2)C2CCCNCC2)c1C. The Bertz CT molecular complexity index is 807. The van der Waals surface area contributed by atoms with Crippen LogP contribution in [0.1, 0.15) is 41.9 Å². The molecule has 0 bridgehead atoms. The van der Waals surface area contributed by atoms with E-state index in [1.807, 2.05) is 36.9 Å². The van der Waals surface area contributed by atoms with E-state index in [9.17, 15) is 9.59 Å². The summed E-state index contributed by atoms with van der Waals surface area (Å²) in [6.07, 6.45) is 5.13. The first kappa shape index (κ1) is 19.8. The molecule has 2 aromatic heterocycles. The van der Waals surface area contributed by atoms with Crippen molar-refractivity contribution in [2.45, 2.75) is 58.7 Å². The van der Waals surface area contributed by atoms with Gasteiger partial charge in [-0.25, -0.2) is 0 Å². The van der Waals surface area contributed by atoms with Crippen LogP contribution in [0, 0.1) is 13.8 Å². The molecule has 1 aliphatic heterocycles. The summed E-state index contributed by atoms with van der Waals surface area (Å²) in [6.45, 7) is 6.80. The van der Waals surface area contributed by atoms with Crippen molar-refractivity contribution in [3.63, 3.8) is 0 Å². The van der Waals surface area contributed by atoms with Gasteiger partial charge in [0.2, 0.25) is 5.91 Å². The number of rotatable bonds is 6. The molecule has 146 valence electrons. The van der Waals surface area contributed by atoms with E-state index in [0.29, 0.717) is 19.5 Å². The van der Waals surface area contributed by atoms with Gasteiger partial charge in [0.05, 0.1) is 12.2 Å². The van der Waals surface area contributed by atoms with Crippen LogP contribution in [-0.4, -0.2) is 39.5 Å². The van der Waals surface area contributed by atoms with Crippen LogP contribution in [0.5, 0.6) is 0 Å². The predicted octanol–water partition coefficient (Wildman–Crippen LogP) is 2.48. The summed E-state index contributed by atoms with van der Waals surface area (Å²) in [4.78, 5) is 32.7. The monoisotopic (exact) mass is 388 g/mol. The van der Waals surface area contributed by atoms with Crippen molar-refractivity contribution in [3.05, 3.63) is 50.3 Å². The number of aryl methyl sites for hydroxylation is 1. The van der Waals surface area contributed by atoms with Gasteiger partial charge in [0.25, 0.3) is 0 Å². The zero-order chi connectivity index (χ0) is 19.2. The topological polar surface area (TPSA) is 67.2 Å². The number of aromatic nitrogens is 2. The summed E-state index contributed by atoms with van der Waals surface area (Å²) >= 11 is 1.25. The Kier molecular flexibility index (Phi) is 6.79. The first-order chi connectivity index (χ1) is 13.1. The highest BCUT2D eigenvalue weighted by Gasteiger charge is 2.25. The molecule has 0 radical (unpaired) electrons. The summed E-state index contributed by atoms with van der Waals surface area (Å²) in [5.74, 6) is 0.0997. The molecule has 0 spiro atoms. The number of thiazole rings is 1. The van der Waals surface area contributed by atoms with E-state index in [0.717, 1.165) is 48.6 Å². The molecule has 1 amide bonds. The number of nitrogens with one attached hydrogen (secondary N) is 1. The fourth-order valence-corrected chi connectivity index (χ4v) is 4.45. The largest absolute Gasteiger partial charge is 0.334 e. The smallest absolute Gasteiger partial charge is 0.307 e. The van der Waals surface area contributed by atoms with E-state index in [-0.39, 0.29) is 16.8 Å². The fourth-order valence-electron chi connectivity index (χ4n) is 3.60. The third-order valence-electron chi connectivity index (χ3n) is 5.29. The third-order valence-corrected chi connectivity index (χ3v) is 6.29. The van der Waals surface area contributed by atoms with Crippen molar-refractivity contribution in [2.24, 2.45) is 0 Å². The molecule has 1 aliphatic rings. The second-order valence-corrected chi connectivity index (χ2v) is 8.25. The lowest BCUT2D eigenvalue weighted by Crippen LogP contribution is -2.41. The summed E-state index contributed by atoms with van der Waals surface area (Å²) in [7, 11) is 0. The van der Waals surface area contributed by atoms with Crippen molar-refractivity contribution in [1.29, 1.82) is 0 Å². The van der Waals surface area contributed by atoms with Gasteiger partial charge in [-0.05, 0) is 58.3 Å². The highest BCUT2D eigenvalue weighted by Crippen LogP contribution is 2.18. The van der Waals surface area contributed by atoms with Gasteiger partial charge < -0.3 is 14.8 Å². The first-order valence-corrected chi connectivity index (χ1v) is 10.4. The lowest BCUT2D eigenvalue weighted by molar-refractivity contribution is -0.134. The Morgan fingerprint density at radius 3 is 2.89 bits per heavy atom. The summed E-state index contributed by atoms with van der Waals surface area (Å²) in [6, 6.07) is 6.03. The number of hydrogen-bond acceptors (Lipinski definition) is 5. The van der Waals surface area contributed by atoms with E-state index in [4.69, 9.17) is 0 Å². The molecule has 1 unspecified atom stereocenters. The molecule has 0 aliphatic carbocycles. The highest BCUT2D eigenvalue weighted by molar-refractivity contribution is 7.09. The number of hydrogen-bond donors (Lipinski definition) is 1. The van der Waals surface area contributed by atoms with Crippen LogP contribution in [0.2, 0.25) is 0 Å². The standard InChI is InChI=1S/C20H28N4O2S/c1-15-16(2)27-20(26)23(15)13-9-19(25)24(14-17-6-3-4-11-22-17)18-7-5-10-21-12-8-18/h3-4,6,11,18,21H,5,7-10,12-14H2,1-2H3. The average Bonchev–Trinajstić information content (AvgIpc) is 2.87. The minimum Gasteiger partial charge on any atom is -0.334 e. The van der Waals surface area contributed by atoms with Gasteiger partial charge in [0.1, 0.15) is 0 Å². The summed E-state index contributed by atoms with van der Waals surface area (Å²) in [5, 5.41) is 3.41. The maximum absolute atomic E-state index is 13.1. The minimum atomic E-state index is 0.0211. The number of nitrogens with zero attached hydrogens (tertiary/aromatic N) is 3. The molecular weight excluding hydrogens is 360 g/mol. The Labute approximate surface area is 164 Å². The van der Waals surface area contributed by atoms with Gasteiger partial charge in [-0.3, -0.25) is 14.6 Å². The van der Waals surface area contributed by atoms with E-state index < -0.39 is 0 Å². The van der Waals surface area contributed by atoms with Crippen LogP contribution in [0.25, 0.3) is 0 Å². The van der Waals surface area contributed by atoms with Crippen molar-refractivity contribution in [1.82, 2.24) is 19.8 Å². The van der Waals surface area contributed by atoms with Gasteiger partial charge in [-0.1, -0.05) is 17.4 Å². The fraction of sp³-hybridized carbons (Fsp3) is 0.550. The first-order valence-electron chi connectivity index (χ1n) is 9.63. The molecule has 1 fully saturated rings. The molecule has 0 saturated carbocycles. The number of amides is 1. The zero-order valence-corrected chi connectivity index (χ0v) is 16.9. The number of carbonyl (C=O) groups excluding carboxylic acids is 1. The summed E-state index contributed by atoms with van der Waals surface area (Å²) < 4.78 is 1.73. The molecule has 27 heavy (non-hydrogen) atoms. The lowest BCUT2D eigenvalue weighted by atomic mass is 10.1. The van der Waals surface area contributed by atoms with Crippen molar-refractivity contribution < 1.29 is 4.79 Å². The van der Waals surface area contributed by atoms with Crippen LogP contribution >= 0.6 is 11.3 Å². The van der Waals surface area contributed by atoms with E-state index in [1.165, 1.54) is 11.3 Å². The molecular formula is C20H28N4O2S. The molecule has 1 saturated heterocycles. The molecule has 2 aromatic rings. The summed E-state index contributed by atoms with van der Waals surface area (Å²) in [5.41, 5.74) is 1.87.